The maximum atomic E-state index is 10.3. The van der Waals surface area contributed by atoms with Crippen LogP contribution in [0.4, 0.5) is 0 Å². The lowest BCUT2D eigenvalue weighted by atomic mass is 10.1. The summed E-state index contributed by atoms with van der Waals surface area (Å²) in [5, 5.41) is 11.9. The number of phenols is 1. The summed E-state index contributed by atoms with van der Waals surface area (Å²) in [5.41, 5.74) is 2.55. The van der Waals surface area contributed by atoms with E-state index in [4.69, 9.17) is 4.74 Å². The topological polar surface area (TPSA) is 29.5 Å². The van der Waals surface area contributed by atoms with E-state index in [1.807, 2.05) is 6.07 Å². The van der Waals surface area contributed by atoms with E-state index in [1.54, 1.807) is 19.2 Å². The minimum Gasteiger partial charge on any atom is -0.508 e. The molecule has 0 aromatic heterocycles. The lowest BCUT2D eigenvalue weighted by Gasteiger charge is -2.21. The van der Waals surface area contributed by atoms with Crippen molar-refractivity contribution >= 4 is 26.5 Å². The van der Waals surface area contributed by atoms with Gasteiger partial charge in [0, 0.05) is 16.5 Å². The molecule has 0 amide bonds. The molecule has 4 heteroatoms. The highest BCUT2D eigenvalue weighted by Gasteiger charge is 2.18. The smallest absolute Gasteiger partial charge is 0.119 e. The Morgan fingerprint density at radius 1 is 1.17 bits per heavy atom. The standard InChI is InChI=1S/C19H25O2PS/c1-4-7-18(16-12-14(21-3)10-11-17(16)20)22-19-9-6-5-8-15(19)13(2)23/h5-6,8-13,18,20,22-23H,4,7H2,1-3H3. The molecule has 2 aromatic rings. The lowest BCUT2D eigenvalue weighted by molar-refractivity contribution is 0.410. The number of aromatic hydroxyl groups is 1. The zero-order chi connectivity index (χ0) is 16.8. The van der Waals surface area contributed by atoms with E-state index in [0.29, 0.717) is 20.0 Å². The third-order valence-corrected chi connectivity index (χ3v) is 5.92. The van der Waals surface area contributed by atoms with Gasteiger partial charge in [0.25, 0.3) is 0 Å². The molecule has 3 atom stereocenters. The largest absolute Gasteiger partial charge is 0.508 e. The van der Waals surface area contributed by atoms with Crippen LogP contribution < -0.4 is 10.0 Å². The van der Waals surface area contributed by atoms with Gasteiger partial charge < -0.3 is 9.84 Å². The molecule has 0 bridgehead atoms. The Labute approximate surface area is 146 Å². The van der Waals surface area contributed by atoms with E-state index in [9.17, 15) is 5.11 Å². The fourth-order valence-corrected chi connectivity index (χ4v) is 4.91. The van der Waals surface area contributed by atoms with Crippen LogP contribution in [0.1, 0.15) is 48.7 Å². The van der Waals surface area contributed by atoms with Crippen molar-refractivity contribution in [3.8, 4) is 11.5 Å². The van der Waals surface area contributed by atoms with E-state index < -0.39 is 0 Å². The van der Waals surface area contributed by atoms with Crippen molar-refractivity contribution in [2.24, 2.45) is 0 Å². The molecular formula is C19H25O2PS. The average Bonchev–Trinajstić information content (AvgIpc) is 2.55. The fraction of sp³-hybridized carbons (Fsp3) is 0.368. The summed E-state index contributed by atoms with van der Waals surface area (Å²) < 4.78 is 5.33. The van der Waals surface area contributed by atoms with Gasteiger partial charge in [-0.05, 0) is 42.4 Å². The number of thiol groups is 1. The Balaban J connectivity index is 2.37. The van der Waals surface area contributed by atoms with Crippen LogP contribution >= 0.6 is 21.2 Å². The van der Waals surface area contributed by atoms with Gasteiger partial charge in [0.15, 0.2) is 0 Å². The van der Waals surface area contributed by atoms with Crippen LogP contribution in [0.2, 0.25) is 0 Å². The predicted molar refractivity (Wildman–Crippen MR) is 104 cm³/mol. The van der Waals surface area contributed by atoms with E-state index in [-0.39, 0.29) is 5.25 Å². The van der Waals surface area contributed by atoms with Crippen molar-refractivity contribution in [3.63, 3.8) is 0 Å². The lowest BCUT2D eigenvalue weighted by Crippen LogP contribution is -2.08. The normalized spacial score (nSPS) is 14.1. The molecule has 0 saturated carbocycles. The van der Waals surface area contributed by atoms with Crippen molar-refractivity contribution in [1.82, 2.24) is 0 Å². The molecule has 0 spiro atoms. The molecule has 0 radical (unpaired) electrons. The minimum absolute atomic E-state index is 0.208. The third kappa shape index (κ3) is 4.65. The second-order valence-corrected chi connectivity index (χ2v) is 7.97. The van der Waals surface area contributed by atoms with Crippen LogP contribution in [-0.2, 0) is 0 Å². The van der Waals surface area contributed by atoms with Gasteiger partial charge in [0.1, 0.15) is 11.5 Å². The quantitative estimate of drug-likeness (QED) is 0.529. The van der Waals surface area contributed by atoms with E-state index in [0.717, 1.165) is 24.2 Å². The number of benzene rings is 2. The first-order valence-electron chi connectivity index (χ1n) is 7.97. The number of hydrogen-bond donors (Lipinski definition) is 2. The third-order valence-electron chi connectivity index (χ3n) is 3.93. The van der Waals surface area contributed by atoms with Crippen LogP contribution in [0.15, 0.2) is 42.5 Å². The molecule has 0 aliphatic carbocycles. The SMILES string of the molecule is CCCC(Pc1ccccc1C(C)S)c1cc(OC)ccc1O. The maximum absolute atomic E-state index is 10.3. The van der Waals surface area contributed by atoms with Crippen LogP contribution in [0, 0.1) is 0 Å². The molecule has 2 rings (SSSR count). The van der Waals surface area contributed by atoms with Crippen molar-refractivity contribution in [2.45, 2.75) is 37.6 Å². The monoisotopic (exact) mass is 348 g/mol. The Morgan fingerprint density at radius 3 is 2.57 bits per heavy atom. The number of phenolic OH excluding ortho intramolecular Hbond substituents is 1. The van der Waals surface area contributed by atoms with Gasteiger partial charge in [-0.1, -0.05) is 46.2 Å². The average molecular weight is 348 g/mol. The molecule has 3 unspecified atom stereocenters. The highest BCUT2D eigenvalue weighted by atomic mass is 32.1. The first-order chi connectivity index (χ1) is 11.1. The number of rotatable bonds is 7. The summed E-state index contributed by atoms with van der Waals surface area (Å²) in [4.78, 5) is 0. The molecule has 23 heavy (non-hydrogen) atoms. The molecule has 0 aliphatic heterocycles. The van der Waals surface area contributed by atoms with Gasteiger partial charge in [-0.25, -0.2) is 0 Å². The van der Waals surface area contributed by atoms with Gasteiger partial charge in [0.2, 0.25) is 0 Å². The van der Waals surface area contributed by atoms with Gasteiger partial charge in [-0.3, -0.25) is 0 Å². The maximum Gasteiger partial charge on any atom is 0.119 e. The van der Waals surface area contributed by atoms with Crippen molar-refractivity contribution < 1.29 is 9.84 Å². The zero-order valence-corrected chi connectivity index (χ0v) is 15.8. The first-order valence-corrected chi connectivity index (χ1v) is 9.56. The second-order valence-electron chi connectivity index (χ2n) is 5.67. The van der Waals surface area contributed by atoms with Gasteiger partial charge in [0.05, 0.1) is 7.11 Å². The molecular weight excluding hydrogens is 323 g/mol. The first kappa shape index (κ1) is 18.2. The summed E-state index contributed by atoms with van der Waals surface area (Å²) >= 11 is 4.61. The molecule has 0 aliphatic rings. The fourth-order valence-electron chi connectivity index (χ4n) is 2.71. The van der Waals surface area contributed by atoms with Gasteiger partial charge in [-0.15, -0.1) is 0 Å². The van der Waals surface area contributed by atoms with Crippen LogP contribution in [0.25, 0.3) is 0 Å². The van der Waals surface area contributed by atoms with Crippen LogP contribution in [0.5, 0.6) is 11.5 Å². The number of hydrogen-bond acceptors (Lipinski definition) is 3. The molecule has 2 aromatic carbocycles. The Morgan fingerprint density at radius 2 is 1.91 bits per heavy atom. The number of ether oxygens (including phenoxy) is 1. The molecule has 124 valence electrons. The second kappa shape index (κ2) is 8.61. The summed E-state index contributed by atoms with van der Waals surface area (Å²) in [6.07, 6.45) is 2.11. The highest BCUT2D eigenvalue weighted by molar-refractivity contribution is 7.80. The molecule has 1 N–H and O–H groups in total. The minimum atomic E-state index is 0.208. The molecule has 0 heterocycles. The molecule has 0 saturated heterocycles. The van der Waals surface area contributed by atoms with Crippen molar-refractivity contribution in [2.75, 3.05) is 7.11 Å². The van der Waals surface area contributed by atoms with Crippen molar-refractivity contribution in [3.05, 3.63) is 53.6 Å². The Bertz CT molecular complexity index is 643. The van der Waals surface area contributed by atoms with Gasteiger partial charge in [-0.2, -0.15) is 12.6 Å². The van der Waals surface area contributed by atoms with Crippen LogP contribution in [-0.4, -0.2) is 12.2 Å². The highest BCUT2D eigenvalue weighted by Crippen LogP contribution is 2.44. The predicted octanol–water partition coefficient (Wildman–Crippen LogP) is 5.24. The summed E-state index contributed by atoms with van der Waals surface area (Å²) in [7, 11) is 2.26. The number of methoxy groups -OCH3 is 1. The Hall–Kier alpha value is -1.18. The van der Waals surface area contributed by atoms with Crippen molar-refractivity contribution in [1.29, 1.82) is 0 Å². The summed E-state index contributed by atoms with van der Waals surface area (Å²) in [6, 6.07) is 14.0. The van der Waals surface area contributed by atoms with E-state index >= 15 is 0 Å². The van der Waals surface area contributed by atoms with E-state index in [1.165, 1.54) is 10.9 Å². The zero-order valence-electron chi connectivity index (χ0n) is 13.9. The molecule has 0 fully saturated rings. The van der Waals surface area contributed by atoms with Gasteiger partial charge >= 0.3 is 0 Å². The Kier molecular flexibility index (Phi) is 6.80. The van der Waals surface area contributed by atoms with E-state index in [2.05, 4.69) is 50.7 Å². The molecule has 2 nitrogen and oxygen atoms in total. The van der Waals surface area contributed by atoms with Crippen LogP contribution in [0.3, 0.4) is 0 Å². The summed E-state index contributed by atoms with van der Waals surface area (Å²) in [6.45, 7) is 4.28. The summed E-state index contributed by atoms with van der Waals surface area (Å²) in [5.74, 6) is 1.15.